The van der Waals surface area contributed by atoms with Gasteiger partial charge < -0.3 is 34.5 Å². The van der Waals surface area contributed by atoms with Crippen LogP contribution in [-0.4, -0.2) is 104 Å². The van der Waals surface area contributed by atoms with Crippen molar-refractivity contribution in [2.75, 3.05) is 27.4 Å². The molecule has 6 rings (SSSR count). The number of ether oxygens (including phenoxy) is 4. The summed E-state index contributed by atoms with van der Waals surface area (Å²) in [6.07, 6.45) is 5.74. The van der Waals surface area contributed by atoms with E-state index >= 15 is 0 Å². The quantitative estimate of drug-likeness (QED) is 0.306. The Morgan fingerprint density at radius 2 is 1.82 bits per heavy atom. The second-order valence-corrected chi connectivity index (χ2v) is 19.1. The van der Waals surface area contributed by atoms with Crippen LogP contribution in [0.5, 0.6) is 17.4 Å². The Morgan fingerprint density at radius 1 is 1.09 bits per heavy atom. The van der Waals surface area contributed by atoms with E-state index in [4.69, 9.17) is 18.9 Å². The molecule has 0 bridgehead atoms. The van der Waals surface area contributed by atoms with Crippen LogP contribution in [0.2, 0.25) is 0 Å². The van der Waals surface area contributed by atoms with Crippen LogP contribution in [0.25, 0.3) is 10.8 Å². The number of carbonyl (C=O) groups excluding carboxylic acids is 4. The predicted octanol–water partition coefficient (Wildman–Crippen LogP) is 4.33. The van der Waals surface area contributed by atoms with E-state index in [9.17, 15) is 32.0 Å². The fraction of sp³-hybridized carbons (Fsp3) is 0.625. The number of pyridine rings is 1. The lowest BCUT2D eigenvalue weighted by molar-refractivity contribution is -0.142. The first-order chi connectivity index (χ1) is 26.9. The van der Waals surface area contributed by atoms with Crippen molar-refractivity contribution in [3.05, 3.63) is 36.5 Å². The Morgan fingerprint density at radius 3 is 2.47 bits per heavy atom. The van der Waals surface area contributed by atoms with E-state index in [1.807, 2.05) is 19.9 Å². The average molecular weight is 816 g/mol. The molecule has 3 fully saturated rings. The molecule has 15 nitrogen and oxygen atoms in total. The minimum atomic E-state index is -4.40. The standard InChI is InChI=1S/C40H54FN5O10S/c1-23-10-8-9-11-25-19-40(25,36(49)45-57(51,52)39(22-41)14-15-39)44-33(47)30-18-27(55-34-28-13-12-26(53-6)17-29(28)31(54-7)20-42-34)21-46(30)35(48)32(24(2)16-23)43-37(50)56-38(3,4)5/h9,11-13,17,20,23-25,27,30,32H,8,10,14-16,18-19,21-22H2,1-7H3,(H,43,50)(H,44,47)(H,45,49). The van der Waals surface area contributed by atoms with Crippen molar-refractivity contribution < 1.29 is 50.9 Å². The number of rotatable bonds is 9. The van der Waals surface area contributed by atoms with Crippen molar-refractivity contribution in [3.8, 4) is 17.4 Å². The summed E-state index contributed by atoms with van der Waals surface area (Å²) in [6, 6.07) is 2.97. The number of alkyl carbamates (subject to hydrolysis) is 1. The van der Waals surface area contributed by atoms with E-state index in [0.717, 1.165) is 6.42 Å². The van der Waals surface area contributed by atoms with Gasteiger partial charge >= 0.3 is 6.09 Å². The van der Waals surface area contributed by atoms with E-state index in [-0.39, 0.29) is 49.9 Å². The van der Waals surface area contributed by atoms with E-state index < -0.39 is 80.5 Å². The highest BCUT2D eigenvalue weighted by molar-refractivity contribution is 7.91. The Labute approximate surface area is 332 Å². The molecule has 1 aromatic carbocycles. The molecule has 2 aliphatic carbocycles. The number of methoxy groups -OCH3 is 2. The number of amides is 4. The summed E-state index contributed by atoms with van der Waals surface area (Å²) in [5.41, 5.74) is -2.52. The largest absolute Gasteiger partial charge is 0.497 e. The highest BCUT2D eigenvalue weighted by Gasteiger charge is 2.64. The molecule has 17 heteroatoms. The van der Waals surface area contributed by atoms with Crippen LogP contribution >= 0.6 is 0 Å². The average Bonchev–Trinajstić information content (AvgIpc) is 4.05. The fourth-order valence-electron chi connectivity index (χ4n) is 7.90. The van der Waals surface area contributed by atoms with Gasteiger partial charge in [0.15, 0.2) is 0 Å². The van der Waals surface area contributed by atoms with Crippen LogP contribution in [0, 0.1) is 17.8 Å². The monoisotopic (exact) mass is 815 g/mol. The summed E-state index contributed by atoms with van der Waals surface area (Å²) < 4.78 is 63.6. The van der Waals surface area contributed by atoms with Gasteiger partial charge in [0.2, 0.25) is 27.7 Å². The summed E-state index contributed by atoms with van der Waals surface area (Å²) in [6.45, 7) is 7.82. The molecule has 0 radical (unpaired) electrons. The van der Waals surface area contributed by atoms with Crippen molar-refractivity contribution in [2.24, 2.45) is 17.8 Å². The molecule has 3 N–H and O–H groups in total. The van der Waals surface area contributed by atoms with Crippen molar-refractivity contribution >= 4 is 44.6 Å². The Kier molecular flexibility index (Phi) is 11.7. The highest BCUT2D eigenvalue weighted by Crippen LogP contribution is 2.48. The third-order valence-electron chi connectivity index (χ3n) is 11.5. The smallest absolute Gasteiger partial charge is 0.408 e. The second-order valence-electron chi connectivity index (χ2n) is 17.0. The molecule has 57 heavy (non-hydrogen) atoms. The van der Waals surface area contributed by atoms with Crippen LogP contribution in [0.4, 0.5) is 9.18 Å². The number of nitrogens with one attached hydrogen (secondary N) is 3. The van der Waals surface area contributed by atoms with Gasteiger partial charge in [-0.15, -0.1) is 0 Å². The van der Waals surface area contributed by atoms with Crippen LogP contribution in [0.1, 0.15) is 79.6 Å². The molecule has 312 valence electrons. The summed E-state index contributed by atoms with van der Waals surface area (Å²) in [4.78, 5) is 62.3. The Hall–Kier alpha value is -4.67. The second kappa shape index (κ2) is 15.9. The number of halogens is 1. The number of nitrogens with zero attached hydrogens (tertiary/aromatic N) is 2. The number of carbonyl (C=O) groups is 4. The molecule has 7 unspecified atom stereocenters. The van der Waals surface area contributed by atoms with Gasteiger partial charge in [-0.25, -0.2) is 22.6 Å². The molecule has 2 aromatic rings. The van der Waals surface area contributed by atoms with E-state index in [1.165, 1.54) is 18.2 Å². The zero-order valence-corrected chi connectivity index (χ0v) is 34.4. The number of hydrogen-bond acceptors (Lipinski definition) is 11. The third-order valence-corrected chi connectivity index (χ3v) is 13.6. The zero-order valence-electron chi connectivity index (χ0n) is 33.6. The molecular weight excluding hydrogens is 762 g/mol. The lowest BCUT2D eigenvalue weighted by Crippen LogP contribution is -2.59. The number of aromatic nitrogens is 1. The van der Waals surface area contributed by atoms with Gasteiger partial charge in [-0.05, 0) is 89.3 Å². The summed E-state index contributed by atoms with van der Waals surface area (Å²) in [5, 5.41) is 6.85. The molecule has 1 aromatic heterocycles. The predicted molar refractivity (Wildman–Crippen MR) is 208 cm³/mol. The number of alkyl halides is 1. The number of benzene rings is 1. The number of hydrogen-bond donors (Lipinski definition) is 3. The number of allylic oxidation sites excluding steroid dienone is 1. The lowest BCUT2D eigenvalue weighted by atomic mass is 9.88. The normalized spacial score (nSPS) is 28.8. The van der Waals surface area contributed by atoms with E-state index in [2.05, 4.69) is 20.3 Å². The molecule has 0 spiro atoms. The van der Waals surface area contributed by atoms with Gasteiger partial charge in [0, 0.05) is 23.1 Å². The van der Waals surface area contributed by atoms with E-state index in [0.29, 0.717) is 35.1 Å². The first kappa shape index (κ1) is 41.9. The molecule has 7 atom stereocenters. The van der Waals surface area contributed by atoms with Crippen molar-refractivity contribution in [1.82, 2.24) is 25.2 Å². The third kappa shape index (κ3) is 8.77. The van der Waals surface area contributed by atoms with Crippen LogP contribution in [-0.2, 0) is 29.1 Å². The molecular formula is C40H54FN5O10S. The topological polar surface area (TPSA) is 192 Å². The zero-order chi connectivity index (χ0) is 41.5. The molecule has 4 amide bonds. The van der Waals surface area contributed by atoms with Crippen LogP contribution in [0.3, 0.4) is 0 Å². The van der Waals surface area contributed by atoms with Crippen molar-refractivity contribution in [1.29, 1.82) is 0 Å². The van der Waals surface area contributed by atoms with E-state index in [1.54, 1.807) is 52.2 Å². The van der Waals surface area contributed by atoms with Gasteiger partial charge in [0.25, 0.3) is 5.91 Å². The Bertz CT molecular complexity index is 2040. The maximum atomic E-state index is 14.8. The van der Waals surface area contributed by atoms with Crippen LogP contribution < -0.4 is 29.6 Å². The SMILES string of the molecule is COc1ccc2c(OC3CC4C(=O)NC5(C(=O)NS(=O)(=O)C6(CF)CC6)CC5C=CCCC(C)CC(C)C(NC(=O)OC(C)(C)C)C(=O)N4C3)ncc(OC)c2c1. The summed E-state index contributed by atoms with van der Waals surface area (Å²) in [5.74, 6) is -1.79. The molecule has 4 aliphatic rings. The van der Waals surface area contributed by atoms with Gasteiger partial charge in [0.05, 0.1) is 27.0 Å². The van der Waals surface area contributed by atoms with Gasteiger partial charge in [0.1, 0.15) is 52.2 Å². The van der Waals surface area contributed by atoms with Crippen molar-refractivity contribution in [2.45, 2.75) is 114 Å². The lowest BCUT2D eigenvalue weighted by Gasteiger charge is -2.33. The maximum absolute atomic E-state index is 14.8. The summed E-state index contributed by atoms with van der Waals surface area (Å²) in [7, 11) is -1.34. The number of fused-ring (bicyclic) bond motifs is 3. The molecule has 2 saturated carbocycles. The van der Waals surface area contributed by atoms with Crippen LogP contribution in [0.15, 0.2) is 36.5 Å². The van der Waals surface area contributed by atoms with Gasteiger partial charge in [-0.1, -0.05) is 26.0 Å². The number of sulfonamides is 1. The first-order valence-corrected chi connectivity index (χ1v) is 20.9. The van der Waals surface area contributed by atoms with Gasteiger partial charge in [-0.3, -0.25) is 19.1 Å². The van der Waals surface area contributed by atoms with Crippen molar-refractivity contribution in [3.63, 3.8) is 0 Å². The minimum Gasteiger partial charge on any atom is -0.497 e. The molecule has 2 aliphatic heterocycles. The molecule has 3 heterocycles. The Balaban J connectivity index is 1.36. The highest BCUT2D eigenvalue weighted by atomic mass is 32.2. The maximum Gasteiger partial charge on any atom is 0.408 e. The molecule has 1 saturated heterocycles. The first-order valence-electron chi connectivity index (χ1n) is 19.4. The fourth-order valence-corrected chi connectivity index (χ4v) is 9.32. The minimum absolute atomic E-state index is 0.0334. The summed E-state index contributed by atoms with van der Waals surface area (Å²) >= 11 is 0. The van der Waals surface area contributed by atoms with Gasteiger partial charge in [-0.2, -0.15) is 0 Å².